The van der Waals surface area contributed by atoms with Gasteiger partial charge in [0.15, 0.2) is 0 Å². The molecule has 1 rings (SSSR count). The second kappa shape index (κ2) is 9.95. The van der Waals surface area contributed by atoms with Crippen LogP contribution in [0.3, 0.4) is 0 Å². The van der Waals surface area contributed by atoms with E-state index in [1.807, 2.05) is 6.07 Å². The Labute approximate surface area is 143 Å². The van der Waals surface area contributed by atoms with Crippen molar-refractivity contribution in [2.24, 2.45) is 5.92 Å². The SMILES string of the molecule is CCC[CH2][Sn]([CH2]CCC)([CH2]CC(C)C(F)(F)F)[c]1ccccc1. The van der Waals surface area contributed by atoms with Gasteiger partial charge in [-0.2, -0.15) is 0 Å². The van der Waals surface area contributed by atoms with Crippen molar-refractivity contribution in [2.45, 2.75) is 72.4 Å². The van der Waals surface area contributed by atoms with Crippen molar-refractivity contribution in [3.8, 4) is 0 Å². The molecule has 1 aromatic carbocycles. The third-order valence-corrected chi connectivity index (χ3v) is 20.5. The van der Waals surface area contributed by atoms with E-state index in [9.17, 15) is 13.2 Å². The molecule has 132 valence electrons. The summed E-state index contributed by atoms with van der Waals surface area (Å²) in [4.78, 5) is 0. The molecule has 1 aromatic rings. The van der Waals surface area contributed by atoms with Gasteiger partial charge in [0.05, 0.1) is 0 Å². The summed E-state index contributed by atoms with van der Waals surface area (Å²) in [5, 5.41) is 0. The predicted octanol–water partition coefficient (Wildman–Crippen LogP) is 6.53. The first-order valence-electron chi connectivity index (χ1n) is 8.98. The van der Waals surface area contributed by atoms with Gasteiger partial charge in [0.2, 0.25) is 0 Å². The molecule has 0 nitrogen and oxygen atoms in total. The van der Waals surface area contributed by atoms with Crippen LogP contribution < -0.4 is 3.58 Å². The number of unbranched alkanes of at least 4 members (excludes halogenated alkanes) is 2. The van der Waals surface area contributed by atoms with Crippen LogP contribution in [-0.4, -0.2) is 24.6 Å². The van der Waals surface area contributed by atoms with Crippen LogP contribution in [0, 0.1) is 5.92 Å². The van der Waals surface area contributed by atoms with Crippen molar-refractivity contribution in [2.75, 3.05) is 0 Å². The minimum absolute atomic E-state index is 0.307. The van der Waals surface area contributed by atoms with Crippen LogP contribution in [0.1, 0.15) is 52.9 Å². The van der Waals surface area contributed by atoms with Crippen LogP contribution >= 0.6 is 0 Å². The second-order valence-corrected chi connectivity index (χ2v) is 20.1. The van der Waals surface area contributed by atoms with E-state index in [4.69, 9.17) is 0 Å². The molecule has 0 spiro atoms. The molecule has 0 amide bonds. The van der Waals surface area contributed by atoms with E-state index in [0.29, 0.717) is 6.42 Å². The first kappa shape index (κ1) is 20.9. The summed E-state index contributed by atoms with van der Waals surface area (Å²) in [6.45, 7) is 5.71. The van der Waals surface area contributed by atoms with Crippen molar-refractivity contribution in [1.29, 1.82) is 0 Å². The van der Waals surface area contributed by atoms with E-state index in [1.54, 1.807) is 0 Å². The van der Waals surface area contributed by atoms with E-state index in [2.05, 4.69) is 38.1 Å². The molecular formula is C19H31F3Sn. The molecule has 0 fully saturated rings. The van der Waals surface area contributed by atoms with Crippen molar-refractivity contribution >= 4 is 22.0 Å². The number of hydrogen-bond acceptors (Lipinski definition) is 0. The number of rotatable bonds is 10. The summed E-state index contributed by atoms with van der Waals surface area (Å²) >= 11 is -2.75. The number of hydrogen-bond donors (Lipinski definition) is 0. The summed E-state index contributed by atoms with van der Waals surface area (Å²) in [7, 11) is 0. The van der Waals surface area contributed by atoms with Gasteiger partial charge in [-0.15, -0.1) is 0 Å². The Hall–Kier alpha value is -0.191. The Balaban J connectivity index is 3.00. The Morgan fingerprint density at radius 3 is 1.87 bits per heavy atom. The molecule has 4 heteroatoms. The molecular weight excluding hydrogens is 404 g/mol. The van der Waals surface area contributed by atoms with Crippen LogP contribution in [0.2, 0.25) is 13.3 Å². The summed E-state index contributed by atoms with van der Waals surface area (Å²) in [5.41, 5.74) is 0. The average molecular weight is 435 g/mol. The van der Waals surface area contributed by atoms with Crippen molar-refractivity contribution in [3.63, 3.8) is 0 Å². The Morgan fingerprint density at radius 1 is 0.913 bits per heavy atom. The monoisotopic (exact) mass is 436 g/mol. The third kappa shape index (κ3) is 6.67. The van der Waals surface area contributed by atoms with Gasteiger partial charge in [0.25, 0.3) is 0 Å². The van der Waals surface area contributed by atoms with E-state index in [0.717, 1.165) is 30.1 Å². The molecule has 0 radical (unpaired) electrons. The Kier molecular flexibility index (Phi) is 9.02. The molecule has 1 atom stereocenters. The van der Waals surface area contributed by atoms with Crippen molar-refractivity contribution in [3.05, 3.63) is 30.3 Å². The first-order chi connectivity index (χ1) is 10.9. The summed E-state index contributed by atoms with van der Waals surface area (Å²) in [5.74, 6) is -1.18. The number of benzene rings is 1. The Morgan fingerprint density at radius 2 is 1.43 bits per heavy atom. The zero-order valence-corrected chi connectivity index (χ0v) is 17.6. The first-order valence-corrected chi connectivity index (χ1v) is 16.5. The molecule has 0 aliphatic heterocycles. The van der Waals surface area contributed by atoms with Crippen LogP contribution in [0.15, 0.2) is 30.3 Å². The van der Waals surface area contributed by atoms with Gasteiger partial charge < -0.3 is 0 Å². The summed E-state index contributed by atoms with van der Waals surface area (Å²) in [6.07, 6.45) is 0.842. The standard InChI is InChI=1S/C6H5.C5H8F3.2C4H9.Sn/c1-2-4-6-5-3-1;1-3-4(2)5(6,7)8;2*1-3-4-2;/h1-5H;4H,1,3H2,2H3;2*1,3-4H2,2H3;. The maximum absolute atomic E-state index is 13.0. The fraction of sp³-hybridized carbons (Fsp3) is 0.684. The number of halogens is 3. The zero-order valence-electron chi connectivity index (χ0n) is 14.8. The molecule has 0 N–H and O–H groups in total. The Bertz CT molecular complexity index is 420. The molecule has 0 aliphatic carbocycles. The normalized spacial score (nSPS) is 14.0. The van der Waals surface area contributed by atoms with E-state index in [-0.39, 0.29) is 0 Å². The van der Waals surface area contributed by atoms with Gasteiger partial charge in [-0.1, -0.05) is 0 Å². The van der Waals surface area contributed by atoms with Crippen molar-refractivity contribution < 1.29 is 13.2 Å². The molecule has 0 heterocycles. The van der Waals surface area contributed by atoms with Gasteiger partial charge in [-0.3, -0.25) is 0 Å². The molecule has 0 bridgehead atoms. The molecule has 0 aliphatic rings. The maximum atomic E-state index is 13.0. The second-order valence-electron chi connectivity index (χ2n) is 6.83. The summed E-state index contributed by atoms with van der Waals surface area (Å²) < 4.78 is 43.5. The van der Waals surface area contributed by atoms with Gasteiger partial charge in [-0.05, 0) is 0 Å². The summed E-state index contributed by atoms with van der Waals surface area (Å²) in [6, 6.07) is 10.5. The van der Waals surface area contributed by atoms with E-state index in [1.165, 1.54) is 19.4 Å². The van der Waals surface area contributed by atoms with Gasteiger partial charge in [0.1, 0.15) is 0 Å². The van der Waals surface area contributed by atoms with Crippen LogP contribution in [0.25, 0.3) is 0 Å². The third-order valence-electron chi connectivity index (χ3n) is 5.02. The molecule has 0 saturated heterocycles. The molecule has 1 unspecified atom stereocenters. The van der Waals surface area contributed by atoms with E-state index >= 15 is 0 Å². The van der Waals surface area contributed by atoms with Crippen LogP contribution in [0.5, 0.6) is 0 Å². The zero-order chi connectivity index (χ0) is 17.3. The molecule has 0 aromatic heterocycles. The fourth-order valence-corrected chi connectivity index (χ4v) is 19.2. The predicted molar refractivity (Wildman–Crippen MR) is 95.9 cm³/mol. The molecule has 0 saturated carbocycles. The van der Waals surface area contributed by atoms with Crippen LogP contribution in [-0.2, 0) is 0 Å². The van der Waals surface area contributed by atoms with Crippen molar-refractivity contribution in [1.82, 2.24) is 0 Å². The average Bonchev–Trinajstić information content (AvgIpc) is 2.54. The van der Waals surface area contributed by atoms with Gasteiger partial charge >= 0.3 is 144 Å². The fourth-order valence-electron chi connectivity index (χ4n) is 3.29. The quantitative estimate of drug-likeness (QED) is 0.367. The molecule has 23 heavy (non-hydrogen) atoms. The minimum atomic E-state index is -4.05. The van der Waals surface area contributed by atoms with Crippen LogP contribution in [0.4, 0.5) is 13.2 Å². The van der Waals surface area contributed by atoms with E-state index < -0.39 is 30.5 Å². The van der Waals surface area contributed by atoms with Gasteiger partial charge in [0, 0.05) is 0 Å². The van der Waals surface area contributed by atoms with Gasteiger partial charge in [-0.25, -0.2) is 0 Å². The topological polar surface area (TPSA) is 0 Å². The number of alkyl halides is 3.